The Morgan fingerprint density at radius 3 is 3.00 bits per heavy atom. The first kappa shape index (κ1) is 7.65. The number of allylic oxidation sites excluding steroid dienone is 1. The highest BCUT2D eigenvalue weighted by Crippen LogP contribution is 2.08. The monoisotopic (exact) mass is 152 g/mol. The van der Waals surface area contributed by atoms with Crippen LogP contribution in [0.1, 0.15) is 6.42 Å². The lowest BCUT2D eigenvalue weighted by Gasteiger charge is -2.12. The highest BCUT2D eigenvalue weighted by Gasteiger charge is 2.26. The van der Waals surface area contributed by atoms with Crippen LogP contribution in [0.15, 0.2) is 17.6 Å². The minimum absolute atomic E-state index is 0.301. The summed E-state index contributed by atoms with van der Waals surface area (Å²) in [6.45, 7) is 3.44. The Labute approximate surface area is 64.0 Å². The second kappa shape index (κ2) is 3.09. The molecule has 2 amide bonds. The summed E-state index contributed by atoms with van der Waals surface area (Å²) in [6, 6.07) is 0. The number of rotatable bonds is 2. The van der Waals surface area contributed by atoms with Crippen molar-refractivity contribution in [2.45, 2.75) is 6.42 Å². The van der Waals surface area contributed by atoms with Crippen molar-refractivity contribution in [1.29, 1.82) is 0 Å². The molecule has 1 aliphatic heterocycles. The maximum Gasteiger partial charge on any atom is 0.259 e. The van der Waals surface area contributed by atoms with E-state index in [0.29, 0.717) is 6.42 Å². The molecule has 1 aliphatic rings. The van der Waals surface area contributed by atoms with Gasteiger partial charge in [0.25, 0.3) is 5.91 Å². The zero-order valence-corrected chi connectivity index (χ0v) is 5.91. The zero-order chi connectivity index (χ0) is 8.27. The molecule has 0 saturated carbocycles. The number of aliphatic imine (C=N–C) groups is 1. The van der Waals surface area contributed by atoms with E-state index in [2.05, 4.69) is 16.9 Å². The van der Waals surface area contributed by atoms with Gasteiger partial charge in [0.15, 0.2) is 0 Å². The Bertz CT molecular complexity index is 233. The van der Waals surface area contributed by atoms with Gasteiger partial charge in [-0.1, -0.05) is 6.08 Å². The first-order chi connectivity index (χ1) is 5.25. The van der Waals surface area contributed by atoms with Crippen LogP contribution in [0.4, 0.5) is 0 Å². The molecular formula is C7H8N2O2. The summed E-state index contributed by atoms with van der Waals surface area (Å²) < 4.78 is 0. The van der Waals surface area contributed by atoms with E-state index in [4.69, 9.17) is 0 Å². The van der Waals surface area contributed by atoms with Gasteiger partial charge in [0.1, 0.15) is 5.92 Å². The summed E-state index contributed by atoms with van der Waals surface area (Å²) in [7, 11) is 0. The van der Waals surface area contributed by atoms with Gasteiger partial charge < -0.3 is 5.32 Å². The van der Waals surface area contributed by atoms with E-state index in [1.54, 1.807) is 0 Å². The molecule has 0 bridgehead atoms. The van der Waals surface area contributed by atoms with Crippen LogP contribution in [-0.4, -0.2) is 18.2 Å². The summed E-state index contributed by atoms with van der Waals surface area (Å²) in [5, 5.41) is 2.35. The number of hydrogen-bond acceptors (Lipinski definition) is 2. The fraction of sp³-hybridized carbons (Fsp3) is 0.286. The molecule has 0 radical (unpaired) electrons. The number of nitrogens with one attached hydrogen (secondary N) is 1. The van der Waals surface area contributed by atoms with Crippen molar-refractivity contribution in [1.82, 2.24) is 5.32 Å². The Hall–Kier alpha value is -1.45. The van der Waals surface area contributed by atoms with Crippen molar-refractivity contribution >= 4 is 18.2 Å². The molecule has 0 aromatic carbocycles. The number of nitrogens with zero attached hydrogens (tertiary/aromatic N) is 1. The van der Waals surface area contributed by atoms with E-state index in [1.165, 1.54) is 6.08 Å². The van der Waals surface area contributed by atoms with Crippen molar-refractivity contribution < 1.29 is 9.59 Å². The van der Waals surface area contributed by atoms with E-state index in [0.717, 1.165) is 6.34 Å². The third-order valence-electron chi connectivity index (χ3n) is 1.42. The summed E-state index contributed by atoms with van der Waals surface area (Å²) in [5.74, 6) is -1.36. The van der Waals surface area contributed by atoms with Gasteiger partial charge in [0.05, 0.1) is 6.34 Å². The number of hydrogen-bond donors (Lipinski definition) is 1. The highest BCUT2D eigenvalue weighted by atomic mass is 16.2. The molecule has 1 atom stereocenters. The zero-order valence-electron chi connectivity index (χ0n) is 5.91. The molecular weight excluding hydrogens is 144 g/mol. The van der Waals surface area contributed by atoms with E-state index in [-0.39, 0.29) is 5.91 Å². The Kier molecular flexibility index (Phi) is 2.15. The largest absolute Gasteiger partial charge is 0.316 e. The van der Waals surface area contributed by atoms with Gasteiger partial charge in [0, 0.05) is 0 Å². The highest BCUT2D eigenvalue weighted by molar-refractivity contribution is 6.10. The second-order valence-electron chi connectivity index (χ2n) is 2.18. The van der Waals surface area contributed by atoms with Crippen molar-refractivity contribution in [3.8, 4) is 0 Å². The summed E-state index contributed by atoms with van der Waals surface area (Å²) in [6.07, 6.45) is 3.00. The molecule has 1 N–H and O–H groups in total. The molecule has 0 aliphatic carbocycles. The van der Waals surface area contributed by atoms with Crippen LogP contribution in [0.5, 0.6) is 0 Å². The van der Waals surface area contributed by atoms with Crippen LogP contribution in [0, 0.1) is 5.92 Å². The first-order valence-electron chi connectivity index (χ1n) is 3.23. The Morgan fingerprint density at radius 2 is 2.45 bits per heavy atom. The van der Waals surface area contributed by atoms with Gasteiger partial charge in [-0.3, -0.25) is 9.59 Å². The fourth-order valence-electron chi connectivity index (χ4n) is 0.837. The summed E-state index contributed by atoms with van der Waals surface area (Å²) in [5.41, 5.74) is 0. The van der Waals surface area contributed by atoms with Crippen LogP contribution in [0.3, 0.4) is 0 Å². The van der Waals surface area contributed by atoms with E-state index in [9.17, 15) is 9.59 Å². The SMILES string of the molecule is C=CCC1C(=O)N=CNC1=O. The molecule has 1 rings (SSSR count). The fourth-order valence-corrected chi connectivity index (χ4v) is 0.837. The van der Waals surface area contributed by atoms with Crippen LogP contribution >= 0.6 is 0 Å². The van der Waals surface area contributed by atoms with E-state index >= 15 is 0 Å². The predicted molar refractivity (Wildman–Crippen MR) is 39.9 cm³/mol. The topological polar surface area (TPSA) is 58.5 Å². The lowest BCUT2D eigenvalue weighted by atomic mass is 10.0. The molecule has 1 heterocycles. The molecule has 0 aromatic rings. The average Bonchev–Trinajstić information content (AvgIpc) is 1.97. The van der Waals surface area contributed by atoms with Gasteiger partial charge in [-0.25, -0.2) is 4.99 Å². The minimum Gasteiger partial charge on any atom is -0.316 e. The Balaban J connectivity index is 2.74. The van der Waals surface area contributed by atoms with Crippen LogP contribution in [0.25, 0.3) is 0 Å². The predicted octanol–water partition coefficient (Wildman–Crippen LogP) is -0.137. The Morgan fingerprint density at radius 1 is 1.73 bits per heavy atom. The number of carbonyl (C=O) groups excluding carboxylic acids is 2. The normalized spacial score (nSPS) is 23.1. The van der Waals surface area contributed by atoms with Gasteiger partial charge >= 0.3 is 0 Å². The second-order valence-corrected chi connectivity index (χ2v) is 2.18. The lowest BCUT2D eigenvalue weighted by Crippen LogP contribution is -2.38. The smallest absolute Gasteiger partial charge is 0.259 e. The van der Waals surface area contributed by atoms with E-state index in [1.807, 2.05) is 0 Å². The average molecular weight is 152 g/mol. The van der Waals surface area contributed by atoms with Crippen molar-refractivity contribution in [2.24, 2.45) is 10.9 Å². The van der Waals surface area contributed by atoms with Gasteiger partial charge in [-0.2, -0.15) is 0 Å². The van der Waals surface area contributed by atoms with Crippen molar-refractivity contribution in [2.75, 3.05) is 0 Å². The van der Waals surface area contributed by atoms with Crippen LogP contribution < -0.4 is 5.32 Å². The van der Waals surface area contributed by atoms with Crippen molar-refractivity contribution in [3.63, 3.8) is 0 Å². The third-order valence-corrected chi connectivity index (χ3v) is 1.42. The molecule has 11 heavy (non-hydrogen) atoms. The molecule has 4 nitrogen and oxygen atoms in total. The number of carbonyl (C=O) groups is 2. The summed E-state index contributed by atoms with van der Waals surface area (Å²) >= 11 is 0. The summed E-state index contributed by atoms with van der Waals surface area (Å²) in [4.78, 5) is 25.2. The molecule has 1 unspecified atom stereocenters. The number of amides is 2. The van der Waals surface area contributed by atoms with Crippen LogP contribution in [0.2, 0.25) is 0 Å². The van der Waals surface area contributed by atoms with Gasteiger partial charge in [-0.05, 0) is 6.42 Å². The molecule has 0 aromatic heterocycles. The molecule has 0 fully saturated rings. The molecule has 0 spiro atoms. The minimum atomic E-state index is -0.669. The van der Waals surface area contributed by atoms with E-state index < -0.39 is 11.8 Å². The quantitative estimate of drug-likeness (QED) is 0.442. The standard InChI is InChI=1S/C7H8N2O2/c1-2-3-5-6(10)8-4-9-7(5)11/h2,4-5H,1,3H2,(H,8,9,10,11). The lowest BCUT2D eigenvalue weighted by molar-refractivity contribution is -0.133. The molecule has 58 valence electrons. The van der Waals surface area contributed by atoms with Crippen molar-refractivity contribution in [3.05, 3.63) is 12.7 Å². The maximum atomic E-state index is 10.9. The third kappa shape index (κ3) is 1.52. The van der Waals surface area contributed by atoms with Crippen LogP contribution in [-0.2, 0) is 9.59 Å². The first-order valence-corrected chi connectivity index (χ1v) is 3.23. The molecule has 0 saturated heterocycles. The van der Waals surface area contributed by atoms with Gasteiger partial charge in [-0.15, -0.1) is 6.58 Å². The maximum absolute atomic E-state index is 10.9. The van der Waals surface area contributed by atoms with Gasteiger partial charge in [0.2, 0.25) is 5.91 Å². The molecule has 4 heteroatoms.